The minimum absolute atomic E-state index is 0.431. The molecular weight excluding hydrogens is 194 g/mol. The van der Waals surface area contributed by atoms with Gasteiger partial charge in [-0.1, -0.05) is 0 Å². The van der Waals surface area contributed by atoms with Crippen LogP contribution in [0, 0.1) is 0 Å². The Morgan fingerprint density at radius 1 is 1.53 bits per heavy atom. The Labute approximate surface area is 88.3 Å². The van der Waals surface area contributed by atoms with Gasteiger partial charge in [-0.15, -0.1) is 0 Å². The summed E-state index contributed by atoms with van der Waals surface area (Å²) < 4.78 is 0. The van der Waals surface area contributed by atoms with E-state index in [2.05, 4.69) is 10.3 Å². The van der Waals surface area contributed by atoms with Crippen molar-refractivity contribution in [2.45, 2.75) is 19.0 Å². The molecule has 1 aromatic rings. The normalized spacial score (nSPS) is 12.3. The van der Waals surface area contributed by atoms with Crippen LogP contribution in [0.25, 0.3) is 0 Å². The number of carbonyl (C=O) groups is 1. The summed E-state index contributed by atoms with van der Waals surface area (Å²) in [6.07, 6.45) is 3.88. The maximum Gasteiger partial charge on any atom is 0.320 e. The largest absolute Gasteiger partial charge is 0.480 e. The molecule has 0 aromatic carbocycles. The van der Waals surface area contributed by atoms with Crippen LogP contribution in [0.15, 0.2) is 24.5 Å². The molecule has 82 valence electrons. The molecule has 5 heteroatoms. The molecule has 1 aromatic heterocycles. The van der Waals surface area contributed by atoms with Gasteiger partial charge in [0.1, 0.15) is 6.04 Å². The summed E-state index contributed by atoms with van der Waals surface area (Å²) in [5.41, 5.74) is 6.47. The summed E-state index contributed by atoms with van der Waals surface area (Å²) in [6.45, 7) is 1.30. The summed E-state index contributed by atoms with van der Waals surface area (Å²) in [5, 5.41) is 11.7. The first-order valence-electron chi connectivity index (χ1n) is 4.78. The van der Waals surface area contributed by atoms with Crippen molar-refractivity contribution in [1.82, 2.24) is 10.3 Å². The summed E-state index contributed by atoms with van der Waals surface area (Å²) >= 11 is 0. The van der Waals surface area contributed by atoms with E-state index < -0.39 is 12.0 Å². The Kier molecular flexibility index (Phi) is 4.73. The van der Waals surface area contributed by atoms with E-state index in [1.807, 2.05) is 12.1 Å². The molecule has 4 N–H and O–H groups in total. The lowest BCUT2D eigenvalue weighted by atomic mass is 10.2. The molecule has 0 saturated heterocycles. The van der Waals surface area contributed by atoms with Gasteiger partial charge in [0.15, 0.2) is 0 Å². The van der Waals surface area contributed by atoms with Crippen LogP contribution in [-0.4, -0.2) is 28.6 Å². The number of aromatic nitrogens is 1. The molecule has 0 aliphatic heterocycles. The smallest absolute Gasteiger partial charge is 0.320 e. The van der Waals surface area contributed by atoms with Crippen LogP contribution >= 0.6 is 0 Å². The molecule has 1 heterocycles. The molecule has 5 nitrogen and oxygen atoms in total. The lowest BCUT2D eigenvalue weighted by molar-refractivity contribution is -0.138. The molecule has 0 radical (unpaired) electrons. The number of aliphatic carboxylic acids is 1. The predicted molar refractivity (Wildman–Crippen MR) is 56.2 cm³/mol. The van der Waals surface area contributed by atoms with Crippen molar-refractivity contribution in [2.24, 2.45) is 5.73 Å². The van der Waals surface area contributed by atoms with E-state index in [4.69, 9.17) is 10.8 Å². The third-order valence-corrected chi connectivity index (χ3v) is 2.03. The van der Waals surface area contributed by atoms with E-state index in [0.717, 1.165) is 5.56 Å². The molecule has 1 unspecified atom stereocenters. The van der Waals surface area contributed by atoms with Gasteiger partial charge in [-0.3, -0.25) is 9.78 Å². The molecule has 15 heavy (non-hydrogen) atoms. The fourth-order valence-corrected chi connectivity index (χ4v) is 1.11. The van der Waals surface area contributed by atoms with Crippen LogP contribution < -0.4 is 11.1 Å². The molecule has 0 aliphatic rings. The molecule has 0 amide bonds. The highest BCUT2D eigenvalue weighted by molar-refractivity contribution is 5.72. The number of hydrogen-bond acceptors (Lipinski definition) is 4. The molecule has 1 atom stereocenters. The van der Waals surface area contributed by atoms with Crippen LogP contribution in [0.4, 0.5) is 0 Å². The Balaban J connectivity index is 2.15. The number of carboxylic acid groups (broad SMARTS) is 1. The number of nitrogens with one attached hydrogen (secondary N) is 1. The van der Waals surface area contributed by atoms with Crippen molar-refractivity contribution in [3.63, 3.8) is 0 Å². The summed E-state index contributed by atoms with van der Waals surface area (Å²) in [6, 6.07) is 3.03. The van der Waals surface area contributed by atoms with E-state index in [0.29, 0.717) is 19.5 Å². The molecule has 1 rings (SSSR count). The zero-order valence-electron chi connectivity index (χ0n) is 8.39. The number of hydrogen-bond donors (Lipinski definition) is 3. The van der Waals surface area contributed by atoms with Gasteiger partial charge in [0, 0.05) is 18.9 Å². The Morgan fingerprint density at radius 3 is 2.80 bits per heavy atom. The van der Waals surface area contributed by atoms with Crippen molar-refractivity contribution in [1.29, 1.82) is 0 Å². The predicted octanol–water partition coefficient (Wildman–Crippen LogP) is -0.0268. The number of nitrogens with two attached hydrogens (primary N) is 1. The van der Waals surface area contributed by atoms with Crippen molar-refractivity contribution >= 4 is 5.97 Å². The molecule has 0 aliphatic carbocycles. The highest BCUT2D eigenvalue weighted by Gasteiger charge is 2.09. The van der Waals surface area contributed by atoms with Gasteiger partial charge < -0.3 is 16.2 Å². The molecule has 0 spiro atoms. The summed E-state index contributed by atoms with van der Waals surface area (Å²) in [7, 11) is 0. The average molecular weight is 209 g/mol. The monoisotopic (exact) mass is 209 g/mol. The van der Waals surface area contributed by atoms with E-state index >= 15 is 0 Å². The van der Waals surface area contributed by atoms with Crippen LogP contribution in [0.2, 0.25) is 0 Å². The number of nitrogens with zero attached hydrogens (tertiary/aromatic N) is 1. The molecule has 0 bridgehead atoms. The maximum atomic E-state index is 10.4. The van der Waals surface area contributed by atoms with Gasteiger partial charge in [0.05, 0.1) is 0 Å². The minimum Gasteiger partial charge on any atom is -0.480 e. The highest BCUT2D eigenvalue weighted by Crippen LogP contribution is 1.95. The first kappa shape index (κ1) is 11.6. The number of pyridine rings is 1. The lowest BCUT2D eigenvalue weighted by Gasteiger charge is -2.07. The van der Waals surface area contributed by atoms with Crippen molar-refractivity contribution in [2.75, 3.05) is 6.54 Å². The van der Waals surface area contributed by atoms with Gasteiger partial charge in [0.2, 0.25) is 0 Å². The second-order valence-electron chi connectivity index (χ2n) is 3.27. The quantitative estimate of drug-likeness (QED) is 0.573. The lowest BCUT2D eigenvalue weighted by Crippen LogP contribution is -2.33. The van der Waals surface area contributed by atoms with Gasteiger partial charge in [-0.25, -0.2) is 0 Å². The average Bonchev–Trinajstić information content (AvgIpc) is 2.25. The second kappa shape index (κ2) is 6.10. The standard InChI is InChI=1S/C10H15N3O2/c11-9(10(14)15)3-6-13-7-8-1-4-12-5-2-8/h1-2,4-5,9,13H,3,6-7,11H2,(H,14,15). The Bertz CT molecular complexity index is 303. The first-order chi connectivity index (χ1) is 7.20. The van der Waals surface area contributed by atoms with E-state index in [9.17, 15) is 4.79 Å². The number of rotatable bonds is 6. The molecule has 0 saturated carbocycles. The third-order valence-electron chi connectivity index (χ3n) is 2.03. The highest BCUT2D eigenvalue weighted by atomic mass is 16.4. The van der Waals surface area contributed by atoms with Gasteiger partial charge >= 0.3 is 5.97 Å². The Morgan fingerprint density at radius 2 is 2.20 bits per heavy atom. The molecular formula is C10H15N3O2. The summed E-state index contributed by atoms with van der Waals surface area (Å²) in [5.74, 6) is -0.958. The fourth-order valence-electron chi connectivity index (χ4n) is 1.11. The van der Waals surface area contributed by atoms with Crippen molar-refractivity contribution < 1.29 is 9.90 Å². The maximum absolute atomic E-state index is 10.4. The topological polar surface area (TPSA) is 88.2 Å². The SMILES string of the molecule is NC(CCNCc1ccncc1)C(=O)O. The van der Waals surface area contributed by atoms with Gasteiger partial charge in [-0.05, 0) is 30.7 Å². The fraction of sp³-hybridized carbons (Fsp3) is 0.400. The first-order valence-corrected chi connectivity index (χ1v) is 4.78. The van der Waals surface area contributed by atoms with E-state index in [1.165, 1.54) is 0 Å². The van der Waals surface area contributed by atoms with E-state index in [1.54, 1.807) is 12.4 Å². The zero-order chi connectivity index (χ0) is 11.1. The second-order valence-corrected chi connectivity index (χ2v) is 3.27. The van der Waals surface area contributed by atoms with Crippen LogP contribution in [-0.2, 0) is 11.3 Å². The van der Waals surface area contributed by atoms with Crippen LogP contribution in [0.3, 0.4) is 0 Å². The third kappa shape index (κ3) is 4.53. The Hall–Kier alpha value is -1.46. The van der Waals surface area contributed by atoms with Crippen molar-refractivity contribution in [3.05, 3.63) is 30.1 Å². The minimum atomic E-state index is -0.958. The van der Waals surface area contributed by atoms with Crippen LogP contribution in [0.5, 0.6) is 0 Å². The molecule has 0 fully saturated rings. The van der Waals surface area contributed by atoms with Gasteiger partial charge in [-0.2, -0.15) is 0 Å². The van der Waals surface area contributed by atoms with E-state index in [-0.39, 0.29) is 0 Å². The number of carboxylic acids is 1. The van der Waals surface area contributed by atoms with Gasteiger partial charge in [0.25, 0.3) is 0 Å². The van der Waals surface area contributed by atoms with Crippen molar-refractivity contribution in [3.8, 4) is 0 Å². The zero-order valence-corrected chi connectivity index (χ0v) is 8.39. The summed E-state index contributed by atoms with van der Waals surface area (Å²) in [4.78, 5) is 14.3. The van der Waals surface area contributed by atoms with Crippen LogP contribution in [0.1, 0.15) is 12.0 Å².